The highest BCUT2D eigenvalue weighted by Crippen LogP contribution is 2.29. The first-order valence-corrected chi connectivity index (χ1v) is 6.72. The topological polar surface area (TPSA) is 38.3 Å². The van der Waals surface area contributed by atoms with E-state index in [0.717, 1.165) is 12.2 Å². The van der Waals surface area contributed by atoms with Crippen molar-refractivity contribution in [3.05, 3.63) is 0 Å². The molecule has 1 aliphatic carbocycles. The van der Waals surface area contributed by atoms with Crippen molar-refractivity contribution >= 4 is 17.7 Å². The molecule has 1 fully saturated rings. The monoisotopic (exact) mass is 231 g/mol. The summed E-state index contributed by atoms with van der Waals surface area (Å²) in [6, 6.07) is 0.388. The Morgan fingerprint density at radius 1 is 1.53 bits per heavy atom. The largest absolute Gasteiger partial charge is 0.384 e. The van der Waals surface area contributed by atoms with E-state index in [1.807, 2.05) is 11.8 Å². The molecule has 1 rings (SSSR count). The molecule has 0 aliphatic heterocycles. The van der Waals surface area contributed by atoms with Gasteiger partial charge in [0.15, 0.2) is 0 Å². The van der Waals surface area contributed by atoms with Crippen molar-refractivity contribution in [3.8, 4) is 0 Å². The Balaban J connectivity index is 2.26. The van der Waals surface area contributed by atoms with Gasteiger partial charge in [0, 0.05) is 24.8 Å². The molecule has 0 heterocycles. The van der Waals surface area contributed by atoms with Gasteiger partial charge < -0.3 is 10.1 Å². The molecule has 1 aliphatic rings. The molecule has 1 N–H and O–H groups in total. The van der Waals surface area contributed by atoms with Crippen LogP contribution in [-0.4, -0.2) is 36.7 Å². The van der Waals surface area contributed by atoms with Crippen LogP contribution >= 0.6 is 11.8 Å². The number of hydrogen-bond acceptors (Lipinski definition) is 3. The SMILES string of the molecule is CCS[C@H]1CCC[C@H]1NC(=O)CCOC. The Hall–Kier alpha value is -0.220. The van der Waals surface area contributed by atoms with Crippen molar-refractivity contribution < 1.29 is 9.53 Å². The lowest BCUT2D eigenvalue weighted by Crippen LogP contribution is -2.39. The first-order valence-electron chi connectivity index (χ1n) is 5.67. The molecule has 0 bridgehead atoms. The van der Waals surface area contributed by atoms with Gasteiger partial charge in [-0.2, -0.15) is 11.8 Å². The molecule has 1 amide bonds. The van der Waals surface area contributed by atoms with Crippen LogP contribution < -0.4 is 5.32 Å². The molecule has 1 saturated carbocycles. The summed E-state index contributed by atoms with van der Waals surface area (Å²) in [4.78, 5) is 11.5. The van der Waals surface area contributed by atoms with E-state index in [1.165, 1.54) is 12.8 Å². The fourth-order valence-electron chi connectivity index (χ4n) is 1.98. The van der Waals surface area contributed by atoms with E-state index in [4.69, 9.17) is 4.74 Å². The average molecular weight is 231 g/mol. The van der Waals surface area contributed by atoms with Gasteiger partial charge in [-0.15, -0.1) is 0 Å². The molecule has 0 saturated heterocycles. The van der Waals surface area contributed by atoms with Gasteiger partial charge in [-0.05, 0) is 18.6 Å². The smallest absolute Gasteiger partial charge is 0.222 e. The molecule has 4 heteroatoms. The summed E-state index contributed by atoms with van der Waals surface area (Å²) in [7, 11) is 1.62. The van der Waals surface area contributed by atoms with Crippen LogP contribution in [0.3, 0.4) is 0 Å². The number of hydrogen-bond donors (Lipinski definition) is 1. The zero-order valence-electron chi connectivity index (χ0n) is 9.62. The van der Waals surface area contributed by atoms with Crippen LogP contribution in [0.5, 0.6) is 0 Å². The van der Waals surface area contributed by atoms with E-state index < -0.39 is 0 Å². The molecule has 0 aromatic rings. The number of amides is 1. The first-order chi connectivity index (χ1) is 7.27. The van der Waals surface area contributed by atoms with Crippen molar-refractivity contribution in [2.24, 2.45) is 0 Å². The number of thioether (sulfide) groups is 1. The quantitative estimate of drug-likeness (QED) is 0.757. The van der Waals surface area contributed by atoms with Crippen LogP contribution in [0.1, 0.15) is 32.6 Å². The van der Waals surface area contributed by atoms with E-state index >= 15 is 0 Å². The fourth-order valence-corrected chi connectivity index (χ4v) is 3.18. The molecule has 0 aromatic carbocycles. The summed E-state index contributed by atoms with van der Waals surface area (Å²) in [6.45, 7) is 2.69. The molecular formula is C11H21NO2S. The summed E-state index contributed by atoms with van der Waals surface area (Å²) >= 11 is 1.97. The molecule has 15 heavy (non-hydrogen) atoms. The van der Waals surface area contributed by atoms with Gasteiger partial charge in [-0.3, -0.25) is 4.79 Å². The number of carbonyl (C=O) groups is 1. The molecule has 0 aromatic heterocycles. The van der Waals surface area contributed by atoms with E-state index in [-0.39, 0.29) is 5.91 Å². The molecule has 0 unspecified atom stereocenters. The Morgan fingerprint density at radius 3 is 3.00 bits per heavy atom. The number of rotatable bonds is 6. The molecule has 88 valence electrons. The Bertz CT molecular complexity index is 199. The van der Waals surface area contributed by atoms with Crippen LogP contribution in [-0.2, 0) is 9.53 Å². The second-order valence-corrected chi connectivity index (χ2v) is 5.36. The van der Waals surface area contributed by atoms with Gasteiger partial charge in [-0.1, -0.05) is 13.3 Å². The van der Waals surface area contributed by atoms with Crippen LogP contribution in [0.2, 0.25) is 0 Å². The first kappa shape index (κ1) is 12.8. The minimum Gasteiger partial charge on any atom is -0.384 e. The third kappa shape index (κ3) is 4.43. The van der Waals surface area contributed by atoms with Gasteiger partial charge in [0.25, 0.3) is 0 Å². The third-order valence-electron chi connectivity index (χ3n) is 2.71. The Morgan fingerprint density at radius 2 is 2.33 bits per heavy atom. The second-order valence-electron chi connectivity index (χ2n) is 3.84. The number of carbonyl (C=O) groups excluding carboxylic acids is 1. The number of nitrogens with one attached hydrogen (secondary N) is 1. The second kappa shape index (κ2) is 7.12. The third-order valence-corrected chi connectivity index (χ3v) is 4.04. The van der Waals surface area contributed by atoms with Crippen LogP contribution in [0.15, 0.2) is 0 Å². The highest BCUT2D eigenvalue weighted by molar-refractivity contribution is 7.99. The van der Waals surface area contributed by atoms with Crippen molar-refractivity contribution in [1.82, 2.24) is 5.32 Å². The maximum atomic E-state index is 11.5. The maximum absolute atomic E-state index is 11.5. The zero-order chi connectivity index (χ0) is 11.1. The van der Waals surface area contributed by atoms with Gasteiger partial charge in [0.1, 0.15) is 0 Å². The minimum absolute atomic E-state index is 0.130. The van der Waals surface area contributed by atoms with Crippen molar-refractivity contribution in [3.63, 3.8) is 0 Å². The van der Waals surface area contributed by atoms with Crippen LogP contribution in [0.25, 0.3) is 0 Å². The number of methoxy groups -OCH3 is 1. The highest BCUT2D eigenvalue weighted by atomic mass is 32.2. The predicted octanol–water partition coefficient (Wildman–Crippen LogP) is 1.81. The van der Waals surface area contributed by atoms with Gasteiger partial charge in [-0.25, -0.2) is 0 Å². The standard InChI is InChI=1S/C11H21NO2S/c1-3-15-10-6-4-5-9(10)12-11(13)7-8-14-2/h9-10H,3-8H2,1-2H3,(H,12,13)/t9-,10+/m1/s1. The Kier molecular flexibility index (Phi) is 6.10. The van der Waals surface area contributed by atoms with E-state index in [0.29, 0.717) is 24.3 Å². The molecular weight excluding hydrogens is 210 g/mol. The van der Waals surface area contributed by atoms with Crippen molar-refractivity contribution in [2.45, 2.75) is 43.9 Å². The average Bonchev–Trinajstić information content (AvgIpc) is 2.63. The van der Waals surface area contributed by atoms with E-state index in [9.17, 15) is 4.79 Å². The lowest BCUT2D eigenvalue weighted by Gasteiger charge is -2.19. The summed E-state index contributed by atoms with van der Waals surface area (Å²) in [5.41, 5.74) is 0. The van der Waals surface area contributed by atoms with Gasteiger partial charge in [0.05, 0.1) is 6.61 Å². The van der Waals surface area contributed by atoms with Gasteiger partial charge in [0.2, 0.25) is 5.91 Å². The molecule has 0 radical (unpaired) electrons. The zero-order valence-corrected chi connectivity index (χ0v) is 10.4. The molecule has 3 nitrogen and oxygen atoms in total. The van der Waals surface area contributed by atoms with Crippen molar-refractivity contribution in [1.29, 1.82) is 0 Å². The summed E-state index contributed by atoms with van der Waals surface area (Å²) in [5, 5.41) is 3.74. The van der Waals surface area contributed by atoms with E-state index in [1.54, 1.807) is 7.11 Å². The number of ether oxygens (including phenoxy) is 1. The Labute approximate surface area is 96.3 Å². The lowest BCUT2D eigenvalue weighted by molar-refractivity contribution is -0.122. The predicted molar refractivity (Wildman–Crippen MR) is 64.2 cm³/mol. The molecule has 0 spiro atoms. The lowest BCUT2D eigenvalue weighted by atomic mass is 10.2. The molecule has 2 atom stereocenters. The summed E-state index contributed by atoms with van der Waals surface area (Å²) < 4.78 is 4.89. The maximum Gasteiger partial charge on any atom is 0.222 e. The highest BCUT2D eigenvalue weighted by Gasteiger charge is 2.27. The summed E-state index contributed by atoms with van der Waals surface area (Å²) in [6.07, 6.45) is 4.10. The van der Waals surface area contributed by atoms with Crippen LogP contribution in [0.4, 0.5) is 0 Å². The fraction of sp³-hybridized carbons (Fsp3) is 0.909. The normalized spacial score (nSPS) is 25.5. The van der Waals surface area contributed by atoms with Gasteiger partial charge >= 0.3 is 0 Å². The van der Waals surface area contributed by atoms with E-state index in [2.05, 4.69) is 12.2 Å². The van der Waals surface area contributed by atoms with Crippen molar-refractivity contribution in [2.75, 3.05) is 19.5 Å². The minimum atomic E-state index is 0.130. The van der Waals surface area contributed by atoms with Crippen LogP contribution in [0, 0.1) is 0 Å². The summed E-state index contributed by atoms with van der Waals surface area (Å²) in [5.74, 6) is 1.26.